The molecule has 0 saturated carbocycles. The molecule has 0 spiro atoms. The third-order valence-electron chi connectivity index (χ3n) is 2.79. The highest BCUT2D eigenvalue weighted by molar-refractivity contribution is 9.10. The van der Waals surface area contributed by atoms with E-state index in [0.717, 1.165) is 34.8 Å². The van der Waals surface area contributed by atoms with Gasteiger partial charge >= 0.3 is 0 Å². The number of nitrogens with zero attached hydrogens (tertiary/aromatic N) is 2. The van der Waals surface area contributed by atoms with Crippen molar-refractivity contribution >= 4 is 33.3 Å². The van der Waals surface area contributed by atoms with E-state index in [1.54, 1.807) is 6.33 Å². The quantitative estimate of drug-likeness (QED) is 0.875. The van der Waals surface area contributed by atoms with E-state index < -0.39 is 0 Å². The molecule has 2 aromatic rings. The predicted octanol–water partition coefficient (Wildman–Crippen LogP) is 3.98. The minimum Gasteiger partial charge on any atom is -0.369 e. The summed E-state index contributed by atoms with van der Waals surface area (Å²) in [4.78, 5) is 8.49. The number of aryl methyl sites for hydroxylation is 1. The molecule has 0 radical (unpaired) electrons. The van der Waals surface area contributed by atoms with Gasteiger partial charge in [-0.3, -0.25) is 0 Å². The van der Waals surface area contributed by atoms with Gasteiger partial charge in [0.2, 0.25) is 0 Å². The molecule has 0 aliphatic carbocycles. The Morgan fingerprint density at radius 2 is 1.84 bits per heavy atom. The van der Waals surface area contributed by atoms with Crippen LogP contribution in [0.2, 0.25) is 0 Å². The van der Waals surface area contributed by atoms with Crippen LogP contribution < -0.4 is 10.6 Å². The van der Waals surface area contributed by atoms with Crippen molar-refractivity contribution in [2.75, 3.05) is 17.2 Å². The highest BCUT2D eigenvalue weighted by Gasteiger charge is 2.09. The van der Waals surface area contributed by atoms with Crippen molar-refractivity contribution in [3.8, 4) is 0 Å². The van der Waals surface area contributed by atoms with E-state index in [-0.39, 0.29) is 0 Å². The van der Waals surface area contributed by atoms with Gasteiger partial charge < -0.3 is 10.6 Å². The van der Waals surface area contributed by atoms with Gasteiger partial charge in [0.25, 0.3) is 0 Å². The number of hydrogen-bond donors (Lipinski definition) is 2. The van der Waals surface area contributed by atoms with Crippen LogP contribution in [0.3, 0.4) is 0 Å². The van der Waals surface area contributed by atoms with E-state index in [9.17, 15) is 0 Å². The summed E-state index contributed by atoms with van der Waals surface area (Å²) in [5, 5.41) is 6.55. The summed E-state index contributed by atoms with van der Waals surface area (Å²) in [5.74, 6) is 1.57. The minimum absolute atomic E-state index is 0.770. The van der Waals surface area contributed by atoms with Crippen molar-refractivity contribution in [2.24, 2.45) is 0 Å². The maximum atomic E-state index is 4.28. The second-order valence-electron chi connectivity index (χ2n) is 4.05. The largest absolute Gasteiger partial charge is 0.369 e. The van der Waals surface area contributed by atoms with Crippen LogP contribution in [0.4, 0.5) is 17.3 Å². The summed E-state index contributed by atoms with van der Waals surface area (Å²) in [6, 6.07) is 8.23. The minimum atomic E-state index is 0.770. The Morgan fingerprint density at radius 1 is 1.11 bits per heavy atom. The fourth-order valence-corrected chi connectivity index (χ4v) is 2.27. The van der Waals surface area contributed by atoms with Crippen LogP contribution in [0, 0.1) is 0 Å². The molecule has 0 saturated heterocycles. The summed E-state index contributed by atoms with van der Waals surface area (Å²) in [7, 11) is 0. The number of nitrogens with one attached hydrogen (secondary N) is 2. The normalized spacial score (nSPS) is 10.3. The predicted molar refractivity (Wildman–Crippen MR) is 83.0 cm³/mol. The molecular formula is C14H17BrN4. The molecule has 5 heteroatoms. The molecular weight excluding hydrogens is 304 g/mol. The Labute approximate surface area is 121 Å². The molecule has 1 heterocycles. The van der Waals surface area contributed by atoms with Crippen molar-refractivity contribution in [3.63, 3.8) is 0 Å². The van der Waals surface area contributed by atoms with Crippen LogP contribution in [0.25, 0.3) is 0 Å². The number of halogens is 1. The summed E-state index contributed by atoms with van der Waals surface area (Å²) < 4.78 is 0.850. The van der Waals surface area contributed by atoms with Crippen LogP contribution in [0.1, 0.15) is 19.4 Å². The standard InChI is InChI=1S/C14H17BrN4/c1-3-10-7-5-6-8-11(10)19-14-12(15)13(16-4-2)17-9-18-14/h5-9H,3-4H2,1-2H3,(H2,16,17,18,19). The number of hydrogen-bond acceptors (Lipinski definition) is 4. The number of aromatic nitrogens is 2. The topological polar surface area (TPSA) is 49.8 Å². The van der Waals surface area contributed by atoms with Gasteiger partial charge in [0.05, 0.1) is 0 Å². The maximum Gasteiger partial charge on any atom is 0.150 e. The van der Waals surface area contributed by atoms with Crippen molar-refractivity contribution in [2.45, 2.75) is 20.3 Å². The van der Waals surface area contributed by atoms with E-state index in [2.05, 4.69) is 55.6 Å². The zero-order chi connectivity index (χ0) is 13.7. The van der Waals surface area contributed by atoms with Gasteiger partial charge in [-0.1, -0.05) is 25.1 Å². The molecule has 0 amide bonds. The third-order valence-corrected chi connectivity index (χ3v) is 3.54. The molecule has 19 heavy (non-hydrogen) atoms. The van der Waals surface area contributed by atoms with Crippen LogP contribution in [-0.2, 0) is 6.42 Å². The monoisotopic (exact) mass is 320 g/mol. The molecule has 4 nitrogen and oxygen atoms in total. The van der Waals surface area contributed by atoms with Crippen LogP contribution in [0.15, 0.2) is 35.1 Å². The lowest BCUT2D eigenvalue weighted by Gasteiger charge is -2.13. The van der Waals surface area contributed by atoms with Crippen LogP contribution in [0.5, 0.6) is 0 Å². The lowest BCUT2D eigenvalue weighted by atomic mass is 10.1. The first-order valence-electron chi connectivity index (χ1n) is 6.35. The van der Waals surface area contributed by atoms with Crippen LogP contribution in [-0.4, -0.2) is 16.5 Å². The number of anilines is 3. The van der Waals surface area contributed by atoms with Gasteiger partial charge in [-0.05, 0) is 40.9 Å². The Kier molecular flexibility index (Phi) is 4.74. The van der Waals surface area contributed by atoms with Crippen molar-refractivity contribution in [1.29, 1.82) is 0 Å². The second-order valence-corrected chi connectivity index (χ2v) is 4.84. The number of rotatable bonds is 5. The zero-order valence-corrected chi connectivity index (χ0v) is 12.7. The fraction of sp³-hybridized carbons (Fsp3) is 0.286. The first kappa shape index (κ1) is 13.8. The van der Waals surface area contributed by atoms with E-state index >= 15 is 0 Å². The molecule has 1 aromatic carbocycles. The van der Waals surface area contributed by atoms with E-state index in [1.165, 1.54) is 5.56 Å². The summed E-state index contributed by atoms with van der Waals surface area (Å²) >= 11 is 3.54. The molecule has 0 atom stereocenters. The molecule has 1 aromatic heterocycles. The molecule has 2 rings (SSSR count). The van der Waals surface area contributed by atoms with Gasteiger partial charge in [-0.2, -0.15) is 0 Å². The first-order chi connectivity index (χ1) is 9.26. The molecule has 0 bridgehead atoms. The zero-order valence-electron chi connectivity index (χ0n) is 11.1. The smallest absolute Gasteiger partial charge is 0.150 e. The average molecular weight is 321 g/mol. The average Bonchev–Trinajstić information content (AvgIpc) is 2.44. The fourth-order valence-electron chi connectivity index (χ4n) is 1.83. The van der Waals surface area contributed by atoms with E-state index in [4.69, 9.17) is 0 Å². The van der Waals surface area contributed by atoms with E-state index in [1.807, 2.05) is 19.1 Å². The SMILES string of the molecule is CCNc1ncnc(Nc2ccccc2CC)c1Br. The van der Waals surface area contributed by atoms with Crippen molar-refractivity contribution < 1.29 is 0 Å². The van der Waals surface area contributed by atoms with Gasteiger partial charge in [0.1, 0.15) is 22.4 Å². The van der Waals surface area contributed by atoms with Gasteiger partial charge in [0, 0.05) is 12.2 Å². The molecule has 0 fully saturated rings. The highest BCUT2D eigenvalue weighted by Crippen LogP contribution is 2.30. The Morgan fingerprint density at radius 3 is 2.58 bits per heavy atom. The Bertz CT molecular complexity index is 557. The van der Waals surface area contributed by atoms with Crippen LogP contribution >= 0.6 is 15.9 Å². The number of benzene rings is 1. The summed E-state index contributed by atoms with van der Waals surface area (Å²) in [6.07, 6.45) is 2.53. The number of para-hydroxylation sites is 1. The van der Waals surface area contributed by atoms with Gasteiger partial charge in [-0.25, -0.2) is 9.97 Å². The molecule has 0 aliphatic heterocycles. The third kappa shape index (κ3) is 3.23. The molecule has 100 valence electrons. The highest BCUT2D eigenvalue weighted by atomic mass is 79.9. The van der Waals surface area contributed by atoms with Crippen molar-refractivity contribution in [3.05, 3.63) is 40.6 Å². The lowest BCUT2D eigenvalue weighted by Crippen LogP contribution is -2.04. The lowest BCUT2D eigenvalue weighted by molar-refractivity contribution is 1.09. The molecule has 0 unspecified atom stereocenters. The van der Waals surface area contributed by atoms with E-state index in [0.29, 0.717) is 0 Å². The maximum absolute atomic E-state index is 4.28. The molecule has 2 N–H and O–H groups in total. The van der Waals surface area contributed by atoms with Crippen molar-refractivity contribution in [1.82, 2.24) is 9.97 Å². The summed E-state index contributed by atoms with van der Waals surface area (Å²) in [6.45, 7) is 4.99. The molecule has 0 aliphatic rings. The Hall–Kier alpha value is -1.62. The second kappa shape index (κ2) is 6.52. The summed E-state index contributed by atoms with van der Waals surface area (Å²) in [5.41, 5.74) is 2.34. The van der Waals surface area contributed by atoms with Gasteiger partial charge in [-0.15, -0.1) is 0 Å². The van der Waals surface area contributed by atoms with Gasteiger partial charge in [0.15, 0.2) is 0 Å². The first-order valence-corrected chi connectivity index (χ1v) is 7.14. The Balaban J connectivity index is 2.30.